The first-order chi connectivity index (χ1) is 4.83. The van der Waals surface area contributed by atoms with E-state index in [0.29, 0.717) is 6.04 Å². The zero-order chi connectivity index (χ0) is 7.40. The predicted octanol–water partition coefficient (Wildman–Crippen LogP) is 2.19. The average Bonchev–Trinajstić information content (AvgIpc) is 2.13. The van der Waals surface area contributed by atoms with Crippen LogP contribution in [-0.4, -0.2) is 12.6 Å². The van der Waals surface area contributed by atoms with E-state index in [4.69, 9.17) is 0 Å². The van der Waals surface area contributed by atoms with Gasteiger partial charge in [0.15, 0.2) is 0 Å². The second-order valence-corrected chi connectivity index (χ2v) is 3.45. The van der Waals surface area contributed by atoms with E-state index in [9.17, 15) is 0 Å². The van der Waals surface area contributed by atoms with Crippen molar-refractivity contribution in [3.63, 3.8) is 0 Å². The van der Waals surface area contributed by atoms with Gasteiger partial charge in [0.2, 0.25) is 0 Å². The summed E-state index contributed by atoms with van der Waals surface area (Å²) in [6.45, 7) is 5.71. The summed E-state index contributed by atoms with van der Waals surface area (Å²) in [4.78, 5) is 0. The minimum Gasteiger partial charge on any atom is -0.238 e. The van der Waals surface area contributed by atoms with Gasteiger partial charge in [-0.2, -0.15) is 0 Å². The molecule has 1 radical (unpaired) electrons. The number of rotatable bonds is 1. The van der Waals surface area contributed by atoms with Gasteiger partial charge in [-0.25, -0.2) is 5.32 Å². The van der Waals surface area contributed by atoms with E-state index >= 15 is 0 Å². The molecule has 10 heavy (non-hydrogen) atoms. The Kier molecular flexibility index (Phi) is 3.20. The second kappa shape index (κ2) is 3.97. The number of hydrogen-bond acceptors (Lipinski definition) is 0. The highest BCUT2D eigenvalue weighted by Gasteiger charge is 2.15. The third-order valence-electron chi connectivity index (χ3n) is 2.39. The molecule has 1 aliphatic heterocycles. The molecule has 59 valence electrons. The van der Waals surface area contributed by atoms with Crippen molar-refractivity contribution in [3.8, 4) is 0 Å². The van der Waals surface area contributed by atoms with Crippen LogP contribution in [0.5, 0.6) is 0 Å². The largest absolute Gasteiger partial charge is 0.238 e. The maximum absolute atomic E-state index is 4.59. The van der Waals surface area contributed by atoms with Crippen molar-refractivity contribution in [1.29, 1.82) is 0 Å². The van der Waals surface area contributed by atoms with Gasteiger partial charge < -0.3 is 0 Å². The Morgan fingerprint density at radius 3 is 3.00 bits per heavy atom. The Morgan fingerprint density at radius 2 is 2.30 bits per heavy atom. The minimum absolute atomic E-state index is 0.678. The topological polar surface area (TPSA) is 14.1 Å². The van der Waals surface area contributed by atoms with Crippen molar-refractivity contribution < 1.29 is 0 Å². The fourth-order valence-corrected chi connectivity index (χ4v) is 1.67. The van der Waals surface area contributed by atoms with Gasteiger partial charge in [-0.05, 0) is 31.6 Å². The predicted molar refractivity (Wildman–Crippen MR) is 44.1 cm³/mol. The molecule has 0 aromatic carbocycles. The lowest BCUT2D eigenvalue weighted by Gasteiger charge is -2.13. The molecule has 1 saturated heterocycles. The second-order valence-electron chi connectivity index (χ2n) is 3.45. The minimum atomic E-state index is 0.678. The highest BCUT2D eigenvalue weighted by molar-refractivity contribution is 4.72. The molecular formula is C9H18N. The van der Waals surface area contributed by atoms with Crippen molar-refractivity contribution in [2.24, 2.45) is 5.92 Å². The molecule has 0 amide bonds. The smallest absolute Gasteiger partial charge is 0.0245 e. The first-order valence-corrected chi connectivity index (χ1v) is 4.49. The van der Waals surface area contributed by atoms with E-state index in [1.807, 2.05) is 0 Å². The summed E-state index contributed by atoms with van der Waals surface area (Å²) in [7, 11) is 0. The van der Waals surface area contributed by atoms with Gasteiger partial charge in [-0.1, -0.05) is 13.8 Å². The monoisotopic (exact) mass is 140 g/mol. The number of nitrogens with zero attached hydrogens (tertiary/aromatic N) is 1. The van der Waals surface area contributed by atoms with Crippen LogP contribution in [-0.2, 0) is 0 Å². The third-order valence-corrected chi connectivity index (χ3v) is 2.39. The molecule has 0 N–H and O–H groups in total. The Morgan fingerprint density at radius 1 is 1.50 bits per heavy atom. The van der Waals surface area contributed by atoms with Crippen LogP contribution in [0.25, 0.3) is 0 Å². The van der Waals surface area contributed by atoms with Crippen molar-refractivity contribution in [2.45, 2.75) is 45.6 Å². The Labute approximate surface area is 64.2 Å². The lowest BCUT2D eigenvalue weighted by molar-refractivity contribution is 0.426. The van der Waals surface area contributed by atoms with Crippen LogP contribution in [0.15, 0.2) is 0 Å². The summed E-state index contributed by atoms with van der Waals surface area (Å²) >= 11 is 0. The average molecular weight is 140 g/mol. The molecule has 1 heteroatoms. The maximum atomic E-state index is 4.59. The van der Waals surface area contributed by atoms with Gasteiger partial charge in [0.05, 0.1) is 0 Å². The molecule has 1 fully saturated rings. The van der Waals surface area contributed by atoms with E-state index < -0.39 is 0 Å². The van der Waals surface area contributed by atoms with Crippen LogP contribution in [0.1, 0.15) is 39.5 Å². The molecule has 1 heterocycles. The summed E-state index contributed by atoms with van der Waals surface area (Å²) in [5.41, 5.74) is 0. The fraction of sp³-hybridized carbons (Fsp3) is 1.00. The van der Waals surface area contributed by atoms with Crippen LogP contribution >= 0.6 is 0 Å². The molecule has 1 aliphatic rings. The van der Waals surface area contributed by atoms with Crippen molar-refractivity contribution >= 4 is 0 Å². The lowest BCUT2D eigenvalue weighted by atomic mass is 9.98. The van der Waals surface area contributed by atoms with Crippen molar-refractivity contribution in [2.75, 3.05) is 6.54 Å². The summed E-state index contributed by atoms with van der Waals surface area (Å²) < 4.78 is 0. The van der Waals surface area contributed by atoms with E-state index in [1.54, 1.807) is 0 Å². The van der Waals surface area contributed by atoms with Crippen LogP contribution in [0.2, 0.25) is 0 Å². The molecule has 0 aromatic rings. The molecule has 2 unspecified atom stereocenters. The van der Waals surface area contributed by atoms with Gasteiger partial charge >= 0.3 is 0 Å². The summed E-state index contributed by atoms with van der Waals surface area (Å²) in [6, 6.07) is 0.678. The highest BCUT2D eigenvalue weighted by atomic mass is 14.9. The van der Waals surface area contributed by atoms with E-state index in [0.717, 1.165) is 12.5 Å². The molecule has 0 aromatic heterocycles. The molecule has 1 nitrogen and oxygen atoms in total. The summed E-state index contributed by atoms with van der Waals surface area (Å²) in [5.74, 6) is 0.913. The van der Waals surface area contributed by atoms with Crippen LogP contribution in [0, 0.1) is 5.92 Å². The van der Waals surface area contributed by atoms with E-state index in [1.165, 1.54) is 25.7 Å². The third kappa shape index (κ3) is 2.30. The van der Waals surface area contributed by atoms with Gasteiger partial charge in [0.25, 0.3) is 0 Å². The first kappa shape index (κ1) is 8.06. The van der Waals surface area contributed by atoms with Gasteiger partial charge in [-0.15, -0.1) is 0 Å². The Balaban J connectivity index is 2.30. The molecule has 2 atom stereocenters. The summed E-state index contributed by atoms with van der Waals surface area (Å²) in [6.07, 6.45) is 5.28. The van der Waals surface area contributed by atoms with Crippen LogP contribution in [0.3, 0.4) is 0 Å². The van der Waals surface area contributed by atoms with Crippen molar-refractivity contribution in [3.05, 3.63) is 0 Å². The molecule has 0 bridgehead atoms. The Bertz CT molecular complexity index is 90.7. The molecule has 0 aliphatic carbocycles. The summed E-state index contributed by atoms with van der Waals surface area (Å²) in [5, 5.41) is 4.59. The molecule has 1 rings (SSSR count). The van der Waals surface area contributed by atoms with Gasteiger partial charge in [-0.3, -0.25) is 0 Å². The van der Waals surface area contributed by atoms with Gasteiger partial charge in [0.1, 0.15) is 0 Å². The lowest BCUT2D eigenvalue weighted by Crippen LogP contribution is -2.20. The fourth-order valence-electron chi connectivity index (χ4n) is 1.67. The number of hydrogen-bond donors (Lipinski definition) is 0. The van der Waals surface area contributed by atoms with Gasteiger partial charge in [0, 0.05) is 12.6 Å². The van der Waals surface area contributed by atoms with Crippen molar-refractivity contribution in [1.82, 2.24) is 5.32 Å². The first-order valence-electron chi connectivity index (χ1n) is 4.49. The molecular weight excluding hydrogens is 122 g/mol. The Hall–Kier alpha value is -0.0400. The molecule has 0 saturated carbocycles. The zero-order valence-electron chi connectivity index (χ0n) is 7.14. The van der Waals surface area contributed by atoms with E-state index in [2.05, 4.69) is 19.2 Å². The standard InChI is InChI=1S/C9H18N/c1-3-9-7-8(2)5-4-6-10-9/h8-9H,3-7H2,1-2H3. The van der Waals surface area contributed by atoms with E-state index in [-0.39, 0.29) is 0 Å². The molecule has 0 spiro atoms. The normalized spacial score (nSPS) is 35.4. The zero-order valence-corrected chi connectivity index (χ0v) is 7.14. The highest BCUT2D eigenvalue weighted by Crippen LogP contribution is 2.18. The maximum Gasteiger partial charge on any atom is 0.0245 e. The van der Waals surface area contributed by atoms with Crippen LogP contribution < -0.4 is 5.32 Å². The SMILES string of the molecule is CCC1CC(C)CCC[N]1. The quantitative estimate of drug-likeness (QED) is 0.530. The van der Waals surface area contributed by atoms with Crippen LogP contribution in [0.4, 0.5) is 0 Å².